The molecule has 26 heavy (non-hydrogen) atoms. The second-order valence-electron chi connectivity index (χ2n) is 6.00. The first-order valence-corrected chi connectivity index (χ1v) is 9.56. The minimum Gasteiger partial charge on any atom is -0.352 e. The van der Waals surface area contributed by atoms with Gasteiger partial charge in [0.1, 0.15) is 4.90 Å². The van der Waals surface area contributed by atoms with Gasteiger partial charge in [0, 0.05) is 30.7 Å². The first-order chi connectivity index (χ1) is 12.4. The van der Waals surface area contributed by atoms with E-state index in [1.54, 1.807) is 49.5 Å². The standard InChI is InChI=1S/C19H19N3O3S/c1-13-5-8-16-4-3-11-20-18(16)19(13)26(24,25)22-17-9-6-15(7-10-17)12-21-14(2)23/h3-11,22H,12H2,1-2H3,(H,21,23). The van der Waals surface area contributed by atoms with Gasteiger partial charge < -0.3 is 5.32 Å². The molecule has 0 aliphatic carbocycles. The second-order valence-corrected chi connectivity index (χ2v) is 7.62. The number of carbonyl (C=O) groups is 1. The predicted octanol–water partition coefficient (Wildman–Crippen LogP) is 2.98. The van der Waals surface area contributed by atoms with Gasteiger partial charge in [0.15, 0.2) is 0 Å². The molecular weight excluding hydrogens is 350 g/mol. The van der Waals surface area contributed by atoms with Gasteiger partial charge in [0.25, 0.3) is 10.0 Å². The summed E-state index contributed by atoms with van der Waals surface area (Å²) in [6.45, 7) is 3.59. The Bertz CT molecular complexity index is 1060. The fourth-order valence-corrected chi connectivity index (χ4v) is 4.15. The lowest BCUT2D eigenvalue weighted by Crippen LogP contribution is -2.19. The van der Waals surface area contributed by atoms with Gasteiger partial charge in [-0.1, -0.05) is 30.3 Å². The zero-order chi connectivity index (χ0) is 18.7. The molecule has 2 N–H and O–H groups in total. The SMILES string of the molecule is CC(=O)NCc1ccc(NS(=O)(=O)c2c(C)ccc3cccnc23)cc1. The van der Waals surface area contributed by atoms with Crippen LogP contribution in [0.15, 0.2) is 59.6 Å². The summed E-state index contributed by atoms with van der Waals surface area (Å²) >= 11 is 0. The van der Waals surface area contributed by atoms with Crippen LogP contribution in [0.5, 0.6) is 0 Å². The zero-order valence-electron chi connectivity index (χ0n) is 14.5. The number of aryl methyl sites for hydroxylation is 1. The van der Waals surface area contributed by atoms with Gasteiger partial charge in [0.05, 0.1) is 5.52 Å². The summed E-state index contributed by atoms with van der Waals surface area (Å²) in [5.74, 6) is -0.117. The summed E-state index contributed by atoms with van der Waals surface area (Å²) in [6, 6.07) is 14.1. The number of carbonyl (C=O) groups excluding carboxylic acids is 1. The summed E-state index contributed by atoms with van der Waals surface area (Å²) in [5, 5.41) is 3.46. The van der Waals surface area contributed by atoms with E-state index in [9.17, 15) is 13.2 Å². The number of aromatic nitrogens is 1. The van der Waals surface area contributed by atoms with Gasteiger partial charge in [-0.05, 0) is 36.2 Å². The van der Waals surface area contributed by atoms with Gasteiger partial charge in [-0.2, -0.15) is 0 Å². The molecule has 1 heterocycles. The molecule has 0 spiro atoms. The fourth-order valence-electron chi connectivity index (χ4n) is 2.68. The van der Waals surface area contributed by atoms with Crippen LogP contribution in [-0.2, 0) is 21.4 Å². The number of rotatable bonds is 5. The molecule has 7 heteroatoms. The average molecular weight is 369 g/mol. The van der Waals surface area contributed by atoms with E-state index in [1.165, 1.54) is 6.92 Å². The molecule has 0 aliphatic heterocycles. The highest BCUT2D eigenvalue weighted by molar-refractivity contribution is 7.93. The van der Waals surface area contributed by atoms with Crippen LogP contribution in [0.2, 0.25) is 0 Å². The number of anilines is 1. The Labute approximate surface area is 152 Å². The van der Waals surface area contributed by atoms with E-state index >= 15 is 0 Å². The maximum Gasteiger partial charge on any atom is 0.264 e. The Balaban J connectivity index is 1.90. The number of nitrogens with one attached hydrogen (secondary N) is 2. The van der Waals surface area contributed by atoms with E-state index in [1.807, 2.05) is 12.1 Å². The average Bonchev–Trinajstić information content (AvgIpc) is 2.60. The molecule has 0 saturated heterocycles. The molecule has 3 aromatic rings. The first kappa shape index (κ1) is 17.9. The molecule has 0 fully saturated rings. The van der Waals surface area contributed by atoms with Gasteiger partial charge >= 0.3 is 0 Å². The van der Waals surface area contributed by atoms with Gasteiger partial charge in [0.2, 0.25) is 5.91 Å². The van der Waals surface area contributed by atoms with Crippen molar-refractivity contribution >= 4 is 32.5 Å². The first-order valence-electron chi connectivity index (χ1n) is 8.07. The number of hydrogen-bond acceptors (Lipinski definition) is 4. The molecule has 2 aromatic carbocycles. The quantitative estimate of drug-likeness (QED) is 0.724. The van der Waals surface area contributed by atoms with Crippen molar-refractivity contribution in [3.63, 3.8) is 0 Å². The number of nitrogens with zero attached hydrogens (tertiary/aromatic N) is 1. The lowest BCUT2D eigenvalue weighted by atomic mass is 10.1. The Morgan fingerprint density at radius 1 is 1.08 bits per heavy atom. The van der Waals surface area contributed by atoms with Crippen LogP contribution in [0.4, 0.5) is 5.69 Å². The van der Waals surface area contributed by atoms with Crippen molar-refractivity contribution in [3.8, 4) is 0 Å². The van der Waals surface area contributed by atoms with Crippen LogP contribution >= 0.6 is 0 Å². The third kappa shape index (κ3) is 3.83. The van der Waals surface area contributed by atoms with Gasteiger partial charge in [-0.25, -0.2) is 8.42 Å². The van der Waals surface area contributed by atoms with Crippen molar-refractivity contribution in [2.75, 3.05) is 4.72 Å². The highest BCUT2D eigenvalue weighted by Crippen LogP contribution is 2.26. The summed E-state index contributed by atoms with van der Waals surface area (Å²) in [7, 11) is -3.79. The molecule has 1 aromatic heterocycles. The van der Waals surface area contributed by atoms with E-state index in [0.717, 1.165) is 10.9 Å². The summed E-state index contributed by atoms with van der Waals surface area (Å²) in [6.07, 6.45) is 1.58. The lowest BCUT2D eigenvalue weighted by Gasteiger charge is -2.13. The van der Waals surface area contributed by atoms with E-state index in [4.69, 9.17) is 0 Å². The number of hydrogen-bond donors (Lipinski definition) is 2. The van der Waals surface area contributed by atoms with Crippen molar-refractivity contribution in [3.05, 3.63) is 65.9 Å². The van der Waals surface area contributed by atoms with Crippen molar-refractivity contribution in [1.82, 2.24) is 10.3 Å². The summed E-state index contributed by atoms with van der Waals surface area (Å²) < 4.78 is 28.5. The van der Waals surface area contributed by atoms with Crippen molar-refractivity contribution < 1.29 is 13.2 Å². The third-order valence-corrected chi connectivity index (χ3v) is 5.50. The maximum atomic E-state index is 12.9. The minimum absolute atomic E-state index is 0.117. The zero-order valence-corrected chi connectivity index (χ0v) is 15.3. The number of benzene rings is 2. The van der Waals surface area contributed by atoms with Crippen LogP contribution in [0.25, 0.3) is 10.9 Å². The molecule has 0 bridgehead atoms. The Kier molecular flexibility index (Phi) is 4.90. The maximum absolute atomic E-state index is 12.9. The Hall–Kier alpha value is -2.93. The van der Waals surface area contributed by atoms with Gasteiger partial charge in [-0.3, -0.25) is 14.5 Å². The lowest BCUT2D eigenvalue weighted by molar-refractivity contribution is -0.119. The molecule has 134 valence electrons. The molecule has 6 nitrogen and oxygen atoms in total. The molecule has 0 saturated carbocycles. The number of pyridine rings is 1. The molecule has 0 atom stereocenters. The minimum atomic E-state index is -3.79. The molecule has 3 rings (SSSR count). The smallest absolute Gasteiger partial charge is 0.264 e. The number of amides is 1. The van der Waals surface area contributed by atoms with Gasteiger partial charge in [-0.15, -0.1) is 0 Å². The Morgan fingerprint density at radius 3 is 2.50 bits per heavy atom. The predicted molar refractivity (Wildman–Crippen MR) is 101 cm³/mol. The van der Waals surface area contributed by atoms with Crippen LogP contribution < -0.4 is 10.0 Å². The number of fused-ring (bicyclic) bond motifs is 1. The largest absolute Gasteiger partial charge is 0.352 e. The molecule has 0 unspecified atom stereocenters. The molecule has 1 amide bonds. The van der Waals surface area contributed by atoms with E-state index in [2.05, 4.69) is 15.0 Å². The molecular formula is C19H19N3O3S. The topological polar surface area (TPSA) is 88.2 Å². The third-order valence-electron chi connectivity index (χ3n) is 3.94. The van der Waals surface area contributed by atoms with Crippen LogP contribution in [0.3, 0.4) is 0 Å². The fraction of sp³-hybridized carbons (Fsp3) is 0.158. The van der Waals surface area contributed by atoms with Crippen LogP contribution in [-0.4, -0.2) is 19.3 Å². The highest BCUT2D eigenvalue weighted by Gasteiger charge is 2.21. The van der Waals surface area contributed by atoms with Crippen molar-refractivity contribution in [2.45, 2.75) is 25.3 Å². The number of sulfonamides is 1. The second kappa shape index (κ2) is 7.13. The van der Waals surface area contributed by atoms with Crippen LogP contribution in [0.1, 0.15) is 18.1 Å². The normalized spacial score (nSPS) is 11.3. The van der Waals surface area contributed by atoms with Crippen molar-refractivity contribution in [2.24, 2.45) is 0 Å². The Morgan fingerprint density at radius 2 is 1.81 bits per heavy atom. The van der Waals surface area contributed by atoms with E-state index in [0.29, 0.717) is 23.3 Å². The highest BCUT2D eigenvalue weighted by atomic mass is 32.2. The monoisotopic (exact) mass is 369 g/mol. The molecule has 0 aliphatic rings. The van der Waals surface area contributed by atoms with Crippen molar-refractivity contribution in [1.29, 1.82) is 0 Å². The molecule has 0 radical (unpaired) electrons. The van der Waals surface area contributed by atoms with E-state index < -0.39 is 10.0 Å². The van der Waals surface area contributed by atoms with Crippen LogP contribution in [0, 0.1) is 6.92 Å². The van der Waals surface area contributed by atoms with E-state index in [-0.39, 0.29) is 10.8 Å². The summed E-state index contributed by atoms with van der Waals surface area (Å²) in [4.78, 5) is 15.4. The summed E-state index contributed by atoms with van der Waals surface area (Å²) in [5.41, 5.74) is 2.41.